The van der Waals surface area contributed by atoms with Crippen molar-refractivity contribution in [2.75, 3.05) is 0 Å². The molecule has 4 fully saturated rings. The Morgan fingerprint density at radius 2 is 1.76 bits per heavy atom. The maximum absolute atomic E-state index is 12.5. The lowest BCUT2D eigenvalue weighted by atomic mass is 9.47. The van der Waals surface area contributed by atoms with E-state index in [4.69, 9.17) is 4.74 Å². The fraction of sp³-hybridized carbons (Fsp3) is 0.591. The van der Waals surface area contributed by atoms with Crippen LogP contribution < -0.4 is 10.9 Å². The molecule has 2 unspecified atom stereocenters. The SMILES string of the molecule is C[C@@H](OC(=O)CC12C[C@@H]3C[C@@H](CC(O)(C3)C1)C2)C(=O)NNC(=O)c1ccccc1. The van der Waals surface area contributed by atoms with Gasteiger partial charge in [0.05, 0.1) is 12.0 Å². The first kappa shape index (κ1) is 19.9. The molecular weight excluding hydrogens is 372 g/mol. The van der Waals surface area contributed by atoms with Gasteiger partial charge < -0.3 is 9.84 Å². The molecule has 5 atom stereocenters. The number of ether oxygens (including phenoxy) is 1. The minimum atomic E-state index is -1.02. The summed E-state index contributed by atoms with van der Waals surface area (Å²) in [5, 5.41) is 10.8. The van der Waals surface area contributed by atoms with Gasteiger partial charge in [-0.3, -0.25) is 25.2 Å². The quantitative estimate of drug-likeness (QED) is 0.519. The molecule has 0 saturated heterocycles. The largest absolute Gasteiger partial charge is 0.452 e. The molecule has 7 heteroatoms. The second-order valence-electron chi connectivity index (χ2n) is 9.30. The van der Waals surface area contributed by atoms with Crippen LogP contribution in [0.1, 0.15) is 62.2 Å². The average molecular weight is 400 g/mol. The minimum Gasteiger partial charge on any atom is -0.452 e. The van der Waals surface area contributed by atoms with Crippen LogP contribution in [0.3, 0.4) is 0 Å². The summed E-state index contributed by atoms with van der Waals surface area (Å²) >= 11 is 0. The molecule has 3 N–H and O–H groups in total. The summed E-state index contributed by atoms with van der Waals surface area (Å²) in [4.78, 5) is 36.7. The Labute approximate surface area is 170 Å². The molecule has 0 aliphatic heterocycles. The number of carbonyl (C=O) groups is 3. The van der Waals surface area contributed by atoms with Gasteiger partial charge in [0.1, 0.15) is 0 Å². The van der Waals surface area contributed by atoms with E-state index in [-0.39, 0.29) is 11.8 Å². The third-order valence-corrected chi connectivity index (χ3v) is 6.68. The van der Waals surface area contributed by atoms with Gasteiger partial charge in [0.25, 0.3) is 11.8 Å². The number of esters is 1. The number of hydrogen-bond acceptors (Lipinski definition) is 5. The molecule has 1 aromatic rings. The Balaban J connectivity index is 1.27. The monoisotopic (exact) mass is 400 g/mol. The summed E-state index contributed by atoms with van der Waals surface area (Å²) in [5.41, 5.74) is 4.20. The molecular formula is C22H28N2O5. The van der Waals surface area contributed by atoms with E-state index in [2.05, 4.69) is 10.9 Å². The van der Waals surface area contributed by atoms with Gasteiger partial charge in [0.2, 0.25) is 0 Å². The molecule has 29 heavy (non-hydrogen) atoms. The van der Waals surface area contributed by atoms with Crippen LogP contribution in [0.25, 0.3) is 0 Å². The first-order valence-electron chi connectivity index (χ1n) is 10.3. The molecule has 4 bridgehead atoms. The zero-order chi connectivity index (χ0) is 20.6. The second-order valence-corrected chi connectivity index (χ2v) is 9.30. The van der Waals surface area contributed by atoms with Crippen LogP contribution in [0.4, 0.5) is 0 Å². The third-order valence-electron chi connectivity index (χ3n) is 6.68. The standard InChI is InChI=1S/C22H28N2O5/c1-14(19(26)23-24-20(27)17-5-3-2-4-6-17)29-18(25)12-21-8-15-7-16(9-21)11-22(28,10-15)13-21/h2-6,14-16,28H,7-13H2,1H3,(H,23,26)(H,24,27)/t14-,15-,16+,21?,22?/m1/s1. The van der Waals surface area contributed by atoms with Crippen molar-refractivity contribution in [1.82, 2.24) is 10.9 Å². The van der Waals surface area contributed by atoms with Crippen LogP contribution in [-0.4, -0.2) is 34.6 Å². The highest BCUT2D eigenvalue weighted by molar-refractivity contribution is 5.95. The lowest BCUT2D eigenvalue weighted by Gasteiger charge is -2.60. The van der Waals surface area contributed by atoms with Crippen molar-refractivity contribution in [3.63, 3.8) is 0 Å². The fourth-order valence-corrected chi connectivity index (χ4v) is 6.09. The Hall–Kier alpha value is -2.41. The van der Waals surface area contributed by atoms with E-state index in [0.29, 0.717) is 23.8 Å². The van der Waals surface area contributed by atoms with Crippen LogP contribution in [0.5, 0.6) is 0 Å². The molecule has 0 radical (unpaired) electrons. The molecule has 4 aliphatic rings. The zero-order valence-electron chi connectivity index (χ0n) is 16.6. The van der Waals surface area contributed by atoms with Crippen LogP contribution in [0.15, 0.2) is 30.3 Å². The Morgan fingerprint density at radius 3 is 2.38 bits per heavy atom. The van der Waals surface area contributed by atoms with E-state index in [1.54, 1.807) is 30.3 Å². The van der Waals surface area contributed by atoms with Crippen molar-refractivity contribution in [3.8, 4) is 0 Å². The first-order chi connectivity index (χ1) is 13.8. The third kappa shape index (κ3) is 4.29. The van der Waals surface area contributed by atoms with Gasteiger partial charge in [-0.2, -0.15) is 0 Å². The van der Waals surface area contributed by atoms with Gasteiger partial charge in [-0.15, -0.1) is 0 Å². The van der Waals surface area contributed by atoms with Crippen LogP contribution in [0, 0.1) is 17.3 Å². The molecule has 0 aromatic heterocycles. The van der Waals surface area contributed by atoms with E-state index < -0.39 is 29.5 Å². The topological polar surface area (TPSA) is 105 Å². The summed E-state index contributed by atoms with van der Waals surface area (Å²) in [7, 11) is 0. The highest BCUT2D eigenvalue weighted by Gasteiger charge is 2.57. The van der Waals surface area contributed by atoms with E-state index in [1.807, 2.05) is 0 Å². The van der Waals surface area contributed by atoms with E-state index in [9.17, 15) is 19.5 Å². The van der Waals surface area contributed by atoms with Crippen molar-refractivity contribution in [2.45, 2.75) is 63.6 Å². The fourth-order valence-electron chi connectivity index (χ4n) is 6.09. The predicted octanol–water partition coefficient (Wildman–Crippen LogP) is 2.10. The van der Waals surface area contributed by atoms with Crippen molar-refractivity contribution >= 4 is 17.8 Å². The molecule has 7 nitrogen and oxygen atoms in total. The number of aliphatic hydroxyl groups is 1. The second kappa shape index (κ2) is 7.44. The molecule has 0 heterocycles. The molecule has 5 rings (SSSR count). The van der Waals surface area contributed by atoms with Crippen LogP contribution in [0.2, 0.25) is 0 Å². The van der Waals surface area contributed by atoms with Crippen molar-refractivity contribution in [3.05, 3.63) is 35.9 Å². The van der Waals surface area contributed by atoms with Gasteiger partial charge in [-0.05, 0) is 74.8 Å². The number of benzene rings is 1. The van der Waals surface area contributed by atoms with Crippen molar-refractivity contribution in [2.24, 2.45) is 17.3 Å². The van der Waals surface area contributed by atoms with E-state index in [1.165, 1.54) is 6.92 Å². The summed E-state index contributed by atoms with van der Waals surface area (Å²) in [5.74, 6) is -0.482. The van der Waals surface area contributed by atoms with Gasteiger partial charge in [0.15, 0.2) is 6.10 Å². The lowest BCUT2D eigenvalue weighted by molar-refractivity contribution is -0.180. The Bertz CT molecular complexity index is 795. The number of hydrogen-bond donors (Lipinski definition) is 3. The molecule has 0 spiro atoms. The first-order valence-corrected chi connectivity index (χ1v) is 10.3. The number of carbonyl (C=O) groups excluding carboxylic acids is 3. The maximum atomic E-state index is 12.5. The molecule has 1 aromatic carbocycles. The zero-order valence-corrected chi connectivity index (χ0v) is 16.6. The van der Waals surface area contributed by atoms with Crippen molar-refractivity contribution < 1.29 is 24.2 Å². The highest BCUT2D eigenvalue weighted by atomic mass is 16.5. The van der Waals surface area contributed by atoms with Gasteiger partial charge >= 0.3 is 5.97 Å². The highest BCUT2D eigenvalue weighted by Crippen LogP contribution is 2.62. The minimum absolute atomic E-state index is 0.201. The predicted molar refractivity (Wildman–Crippen MR) is 104 cm³/mol. The molecule has 2 amide bonds. The molecule has 4 aliphatic carbocycles. The summed E-state index contributed by atoms with van der Waals surface area (Å²) in [6, 6.07) is 8.50. The normalized spacial score (nSPS) is 33.0. The molecule has 4 saturated carbocycles. The lowest BCUT2D eigenvalue weighted by Crippen LogP contribution is -2.56. The number of amides is 2. The van der Waals surface area contributed by atoms with E-state index in [0.717, 1.165) is 32.1 Å². The average Bonchev–Trinajstić information content (AvgIpc) is 2.63. The number of rotatable bonds is 5. The summed E-state index contributed by atoms with van der Waals surface area (Å²) < 4.78 is 5.34. The van der Waals surface area contributed by atoms with Gasteiger partial charge in [-0.1, -0.05) is 18.2 Å². The van der Waals surface area contributed by atoms with Gasteiger partial charge in [-0.25, -0.2) is 0 Å². The smallest absolute Gasteiger partial charge is 0.307 e. The summed E-state index contributed by atoms with van der Waals surface area (Å²) in [6.07, 6.45) is 4.62. The Kier molecular flexibility index (Phi) is 5.11. The number of hydrazine groups is 1. The van der Waals surface area contributed by atoms with Crippen LogP contribution in [-0.2, 0) is 14.3 Å². The van der Waals surface area contributed by atoms with Crippen LogP contribution >= 0.6 is 0 Å². The number of nitrogens with one attached hydrogen (secondary N) is 2. The maximum Gasteiger partial charge on any atom is 0.307 e. The van der Waals surface area contributed by atoms with Gasteiger partial charge in [0, 0.05) is 5.56 Å². The molecule has 156 valence electrons. The Morgan fingerprint density at radius 1 is 1.10 bits per heavy atom. The van der Waals surface area contributed by atoms with E-state index >= 15 is 0 Å². The summed E-state index contributed by atoms with van der Waals surface area (Å²) in [6.45, 7) is 1.48. The van der Waals surface area contributed by atoms with Crippen molar-refractivity contribution in [1.29, 1.82) is 0 Å².